The van der Waals surface area contributed by atoms with Gasteiger partial charge in [0.1, 0.15) is 5.65 Å². The molecule has 0 N–H and O–H groups in total. The van der Waals surface area contributed by atoms with Crippen molar-refractivity contribution in [3.05, 3.63) is 35.5 Å². The van der Waals surface area contributed by atoms with Gasteiger partial charge in [0.25, 0.3) is 0 Å². The van der Waals surface area contributed by atoms with E-state index in [-0.39, 0.29) is 0 Å². The SMILES string of the molecule is Cc1ccc2c(c1)c1cc(C=O)n(C)c1n2C. The highest BCUT2D eigenvalue weighted by Gasteiger charge is 2.14. The van der Waals surface area contributed by atoms with E-state index in [2.05, 4.69) is 29.7 Å². The van der Waals surface area contributed by atoms with Crippen LogP contribution in [0.3, 0.4) is 0 Å². The summed E-state index contributed by atoms with van der Waals surface area (Å²) in [6, 6.07) is 8.38. The number of hydrogen-bond donors (Lipinski definition) is 0. The molecule has 0 saturated carbocycles. The molecule has 0 fully saturated rings. The van der Waals surface area contributed by atoms with Gasteiger partial charge in [-0.15, -0.1) is 0 Å². The summed E-state index contributed by atoms with van der Waals surface area (Å²) in [7, 11) is 3.96. The standard InChI is InChI=1S/C14H14N2O/c1-9-4-5-13-11(6-9)12-7-10(8-17)15(2)14(12)16(13)3/h4-8H,1-3H3. The van der Waals surface area contributed by atoms with Gasteiger partial charge in [0, 0.05) is 24.9 Å². The van der Waals surface area contributed by atoms with Crippen LogP contribution in [0.1, 0.15) is 16.1 Å². The lowest BCUT2D eigenvalue weighted by Crippen LogP contribution is -1.99. The first kappa shape index (κ1) is 10.1. The first-order valence-corrected chi connectivity index (χ1v) is 5.63. The largest absolute Gasteiger partial charge is 0.330 e. The second-order valence-corrected chi connectivity index (χ2v) is 4.56. The number of nitrogens with zero attached hydrogens (tertiary/aromatic N) is 2. The lowest BCUT2D eigenvalue weighted by Gasteiger charge is -2.02. The number of aryl methyl sites for hydroxylation is 3. The van der Waals surface area contributed by atoms with E-state index in [1.54, 1.807) is 0 Å². The average Bonchev–Trinajstić information content (AvgIpc) is 2.77. The number of benzene rings is 1. The van der Waals surface area contributed by atoms with Gasteiger partial charge in [-0.3, -0.25) is 4.79 Å². The van der Waals surface area contributed by atoms with Crippen molar-refractivity contribution in [2.75, 3.05) is 0 Å². The monoisotopic (exact) mass is 226 g/mol. The highest BCUT2D eigenvalue weighted by molar-refractivity contribution is 6.09. The van der Waals surface area contributed by atoms with Gasteiger partial charge in [0.2, 0.25) is 0 Å². The van der Waals surface area contributed by atoms with E-state index in [0.717, 1.165) is 17.3 Å². The molecule has 0 amide bonds. The molecule has 3 aromatic rings. The summed E-state index contributed by atoms with van der Waals surface area (Å²) < 4.78 is 4.08. The summed E-state index contributed by atoms with van der Waals surface area (Å²) in [5, 5.41) is 2.36. The maximum Gasteiger partial charge on any atom is 0.166 e. The maximum absolute atomic E-state index is 11.0. The van der Waals surface area contributed by atoms with E-state index >= 15 is 0 Å². The number of fused-ring (bicyclic) bond motifs is 3. The van der Waals surface area contributed by atoms with Gasteiger partial charge in [-0.2, -0.15) is 0 Å². The molecule has 2 heterocycles. The number of aromatic nitrogens is 2. The molecule has 1 aromatic carbocycles. The molecular formula is C14H14N2O. The van der Waals surface area contributed by atoms with Crippen molar-refractivity contribution < 1.29 is 4.79 Å². The van der Waals surface area contributed by atoms with E-state index < -0.39 is 0 Å². The molecule has 0 aliphatic heterocycles. The Kier molecular flexibility index (Phi) is 1.93. The number of aldehydes is 1. The zero-order valence-corrected chi connectivity index (χ0v) is 10.2. The van der Waals surface area contributed by atoms with Gasteiger partial charge in [-0.05, 0) is 25.1 Å². The molecule has 0 radical (unpaired) electrons. The first-order chi connectivity index (χ1) is 8.13. The Balaban J connectivity index is 2.59. The van der Waals surface area contributed by atoms with Crippen molar-refractivity contribution >= 4 is 28.2 Å². The number of carbonyl (C=O) groups is 1. The number of rotatable bonds is 1. The third-order valence-corrected chi connectivity index (χ3v) is 3.48. The number of carbonyl (C=O) groups excluding carboxylic acids is 1. The second kappa shape index (κ2) is 3.23. The predicted octanol–water partition coefficient (Wildman–Crippen LogP) is 2.79. The van der Waals surface area contributed by atoms with Crippen LogP contribution in [0.4, 0.5) is 0 Å². The Hall–Kier alpha value is -2.03. The molecule has 3 heteroatoms. The van der Waals surface area contributed by atoms with Crippen LogP contribution in [-0.2, 0) is 14.1 Å². The van der Waals surface area contributed by atoms with Gasteiger partial charge in [0.05, 0.1) is 11.2 Å². The van der Waals surface area contributed by atoms with E-state index in [0.29, 0.717) is 5.69 Å². The van der Waals surface area contributed by atoms with Crippen molar-refractivity contribution in [3.8, 4) is 0 Å². The van der Waals surface area contributed by atoms with Gasteiger partial charge in [-0.1, -0.05) is 11.6 Å². The Bertz CT molecular complexity index is 747. The van der Waals surface area contributed by atoms with Crippen LogP contribution in [0.5, 0.6) is 0 Å². The summed E-state index contributed by atoms with van der Waals surface area (Å²) in [5.41, 5.74) is 4.25. The summed E-state index contributed by atoms with van der Waals surface area (Å²) in [6.07, 6.45) is 0.904. The van der Waals surface area contributed by atoms with Crippen LogP contribution in [0.2, 0.25) is 0 Å². The normalized spacial score (nSPS) is 11.5. The van der Waals surface area contributed by atoms with Crippen LogP contribution in [0.25, 0.3) is 21.9 Å². The van der Waals surface area contributed by atoms with Crippen LogP contribution in [0.15, 0.2) is 24.3 Å². The quantitative estimate of drug-likeness (QED) is 0.586. The molecule has 0 spiro atoms. The zero-order chi connectivity index (χ0) is 12.2. The molecule has 0 aliphatic carbocycles. The Morgan fingerprint density at radius 3 is 2.53 bits per heavy atom. The molecule has 3 nitrogen and oxygen atoms in total. The maximum atomic E-state index is 11.0. The minimum Gasteiger partial charge on any atom is -0.330 e. The Labute approximate surface area is 99.3 Å². The summed E-state index contributed by atoms with van der Waals surface area (Å²) in [5.74, 6) is 0. The van der Waals surface area contributed by atoms with Crippen molar-refractivity contribution in [1.82, 2.24) is 9.13 Å². The molecule has 2 aromatic heterocycles. The molecular weight excluding hydrogens is 212 g/mol. The molecule has 17 heavy (non-hydrogen) atoms. The highest BCUT2D eigenvalue weighted by Crippen LogP contribution is 2.30. The molecule has 86 valence electrons. The molecule has 0 bridgehead atoms. The molecule has 3 rings (SSSR count). The zero-order valence-electron chi connectivity index (χ0n) is 10.2. The fraction of sp³-hybridized carbons (Fsp3) is 0.214. The van der Waals surface area contributed by atoms with Gasteiger partial charge >= 0.3 is 0 Å². The van der Waals surface area contributed by atoms with Crippen LogP contribution in [-0.4, -0.2) is 15.4 Å². The van der Waals surface area contributed by atoms with Crippen LogP contribution < -0.4 is 0 Å². The smallest absolute Gasteiger partial charge is 0.166 e. The minimum atomic E-state index is 0.717. The van der Waals surface area contributed by atoms with E-state index in [4.69, 9.17) is 0 Å². The van der Waals surface area contributed by atoms with E-state index in [9.17, 15) is 4.79 Å². The summed E-state index contributed by atoms with van der Waals surface area (Å²) >= 11 is 0. The fourth-order valence-electron chi connectivity index (χ4n) is 2.60. The highest BCUT2D eigenvalue weighted by atomic mass is 16.1. The number of hydrogen-bond acceptors (Lipinski definition) is 1. The molecule has 0 aliphatic rings. The average molecular weight is 226 g/mol. The van der Waals surface area contributed by atoms with E-state index in [1.165, 1.54) is 16.5 Å². The van der Waals surface area contributed by atoms with Crippen LogP contribution in [0, 0.1) is 6.92 Å². The van der Waals surface area contributed by atoms with Crippen molar-refractivity contribution in [3.63, 3.8) is 0 Å². The fourth-order valence-corrected chi connectivity index (χ4v) is 2.60. The molecule has 0 atom stereocenters. The Morgan fingerprint density at radius 1 is 1.06 bits per heavy atom. The van der Waals surface area contributed by atoms with Crippen LogP contribution >= 0.6 is 0 Å². The third-order valence-electron chi connectivity index (χ3n) is 3.48. The van der Waals surface area contributed by atoms with Crippen molar-refractivity contribution in [1.29, 1.82) is 0 Å². The van der Waals surface area contributed by atoms with Crippen molar-refractivity contribution in [2.24, 2.45) is 14.1 Å². The van der Waals surface area contributed by atoms with Gasteiger partial charge in [0.15, 0.2) is 6.29 Å². The minimum absolute atomic E-state index is 0.717. The predicted molar refractivity (Wildman–Crippen MR) is 69.5 cm³/mol. The topological polar surface area (TPSA) is 26.9 Å². The lowest BCUT2D eigenvalue weighted by molar-refractivity contribution is 0.111. The van der Waals surface area contributed by atoms with Gasteiger partial charge in [-0.25, -0.2) is 0 Å². The third kappa shape index (κ3) is 1.19. The van der Waals surface area contributed by atoms with E-state index in [1.807, 2.05) is 24.7 Å². The summed E-state index contributed by atoms with van der Waals surface area (Å²) in [6.45, 7) is 2.09. The first-order valence-electron chi connectivity index (χ1n) is 5.63. The van der Waals surface area contributed by atoms with Crippen molar-refractivity contribution in [2.45, 2.75) is 6.92 Å². The van der Waals surface area contributed by atoms with Gasteiger partial charge < -0.3 is 9.13 Å². The summed E-state index contributed by atoms with van der Waals surface area (Å²) in [4.78, 5) is 11.0. The second-order valence-electron chi connectivity index (χ2n) is 4.56. The Morgan fingerprint density at radius 2 is 1.82 bits per heavy atom. The lowest BCUT2D eigenvalue weighted by atomic mass is 10.1. The molecule has 0 saturated heterocycles. The molecule has 0 unspecified atom stereocenters.